The van der Waals surface area contributed by atoms with E-state index < -0.39 is 5.97 Å². The van der Waals surface area contributed by atoms with Crippen LogP contribution in [-0.2, 0) is 4.79 Å². The molecular formula is C16H28N2O3. The maximum absolute atomic E-state index is 12.4. The fourth-order valence-electron chi connectivity index (χ4n) is 3.64. The van der Waals surface area contributed by atoms with Crippen molar-refractivity contribution in [3.05, 3.63) is 0 Å². The Balaban J connectivity index is 1.70. The van der Waals surface area contributed by atoms with E-state index in [4.69, 9.17) is 5.11 Å². The van der Waals surface area contributed by atoms with Crippen LogP contribution in [0.4, 0.5) is 4.79 Å². The summed E-state index contributed by atoms with van der Waals surface area (Å²) < 4.78 is 0. The van der Waals surface area contributed by atoms with Gasteiger partial charge in [-0.1, -0.05) is 12.8 Å². The standard InChI is InChI=1S/C16H28N2O3/c1-17(12-14-4-2-3-5-14)16(21)18-10-8-13(9-11-18)6-7-15(19)20/h13-14H,2-12H2,1H3,(H,19,20). The van der Waals surface area contributed by atoms with Gasteiger partial charge in [-0.3, -0.25) is 4.79 Å². The summed E-state index contributed by atoms with van der Waals surface area (Å²) in [6.45, 7) is 2.44. The number of nitrogens with zero attached hydrogens (tertiary/aromatic N) is 2. The average molecular weight is 296 g/mol. The number of hydrogen-bond donors (Lipinski definition) is 1. The van der Waals surface area contributed by atoms with Crippen LogP contribution in [-0.4, -0.2) is 53.6 Å². The van der Waals surface area contributed by atoms with Gasteiger partial charge in [0.25, 0.3) is 0 Å². The lowest BCUT2D eigenvalue weighted by Crippen LogP contribution is -2.46. The van der Waals surface area contributed by atoms with Crippen LogP contribution in [0.3, 0.4) is 0 Å². The minimum Gasteiger partial charge on any atom is -0.481 e. The third-order valence-corrected chi connectivity index (χ3v) is 4.98. The van der Waals surface area contributed by atoms with Gasteiger partial charge in [0.05, 0.1) is 0 Å². The summed E-state index contributed by atoms with van der Waals surface area (Å²) in [6.07, 6.45) is 8.01. The van der Waals surface area contributed by atoms with Crippen molar-refractivity contribution in [1.29, 1.82) is 0 Å². The summed E-state index contributed by atoms with van der Waals surface area (Å²) in [5.41, 5.74) is 0. The summed E-state index contributed by atoms with van der Waals surface area (Å²) in [7, 11) is 1.91. The first kappa shape index (κ1) is 16.1. The van der Waals surface area contributed by atoms with Gasteiger partial charge < -0.3 is 14.9 Å². The molecule has 1 saturated carbocycles. The quantitative estimate of drug-likeness (QED) is 0.848. The molecule has 2 aliphatic rings. The maximum atomic E-state index is 12.4. The Kier molecular flexibility index (Phi) is 5.88. The Hall–Kier alpha value is -1.26. The van der Waals surface area contributed by atoms with Gasteiger partial charge in [0.1, 0.15) is 0 Å². The normalized spacial score (nSPS) is 20.7. The van der Waals surface area contributed by atoms with Crippen LogP contribution in [0.5, 0.6) is 0 Å². The van der Waals surface area contributed by atoms with Gasteiger partial charge >= 0.3 is 12.0 Å². The van der Waals surface area contributed by atoms with Crippen molar-refractivity contribution in [1.82, 2.24) is 9.80 Å². The number of urea groups is 1. The second kappa shape index (κ2) is 7.66. The van der Waals surface area contributed by atoms with E-state index in [9.17, 15) is 9.59 Å². The largest absolute Gasteiger partial charge is 0.481 e. The monoisotopic (exact) mass is 296 g/mol. The minimum absolute atomic E-state index is 0.151. The molecule has 0 atom stereocenters. The molecule has 0 aromatic carbocycles. The molecule has 0 spiro atoms. The molecule has 2 rings (SSSR count). The van der Waals surface area contributed by atoms with Crippen molar-refractivity contribution in [3.8, 4) is 0 Å². The molecule has 1 aliphatic carbocycles. The van der Waals surface area contributed by atoms with Crippen molar-refractivity contribution in [2.24, 2.45) is 11.8 Å². The molecular weight excluding hydrogens is 268 g/mol. The molecule has 21 heavy (non-hydrogen) atoms. The van der Waals surface area contributed by atoms with E-state index >= 15 is 0 Å². The van der Waals surface area contributed by atoms with E-state index in [2.05, 4.69) is 0 Å². The van der Waals surface area contributed by atoms with E-state index in [1.165, 1.54) is 25.7 Å². The van der Waals surface area contributed by atoms with Gasteiger partial charge in [-0.15, -0.1) is 0 Å². The Morgan fingerprint density at radius 2 is 1.71 bits per heavy atom. The van der Waals surface area contributed by atoms with Crippen LogP contribution >= 0.6 is 0 Å². The van der Waals surface area contributed by atoms with Crippen LogP contribution in [0, 0.1) is 11.8 Å². The zero-order chi connectivity index (χ0) is 15.2. The molecule has 0 radical (unpaired) electrons. The number of carbonyl (C=O) groups is 2. The second-order valence-electron chi connectivity index (χ2n) is 6.68. The fraction of sp³-hybridized carbons (Fsp3) is 0.875. The number of aliphatic carboxylic acids is 1. The predicted molar refractivity (Wildman–Crippen MR) is 81.2 cm³/mol. The molecule has 1 saturated heterocycles. The van der Waals surface area contributed by atoms with Crippen LogP contribution in [0.15, 0.2) is 0 Å². The van der Waals surface area contributed by atoms with Crippen molar-refractivity contribution < 1.29 is 14.7 Å². The molecule has 2 fully saturated rings. The van der Waals surface area contributed by atoms with Gasteiger partial charge in [-0.05, 0) is 43.9 Å². The summed E-state index contributed by atoms with van der Waals surface area (Å²) in [6, 6.07) is 0.151. The maximum Gasteiger partial charge on any atom is 0.319 e. The van der Waals surface area contributed by atoms with E-state index in [1.54, 1.807) is 0 Å². The summed E-state index contributed by atoms with van der Waals surface area (Å²) in [5, 5.41) is 8.72. The molecule has 1 heterocycles. The molecule has 2 amide bonds. The first-order chi connectivity index (χ1) is 10.1. The molecule has 0 unspecified atom stereocenters. The molecule has 5 heteroatoms. The molecule has 0 bridgehead atoms. The zero-order valence-corrected chi connectivity index (χ0v) is 13.1. The summed E-state index contributed by atoms with van der Waals surface area (Å²) in [5.74, 6) is 0.433. The number of rotatable bonds is 5. The number of carboxylic acid groups (broad SMARTS) is 1. The van der Waals surface area contributed by atoms with Crippen molar-refractivity contribution in [2.45, 2.75) is 51.4 Å². The fourth-order valence-corrected chi connectivity index (χ4v) is 3.64. The number of carboxylic acids is 1. The van der Waals surface area contributed by atoms with E-state index in [0.29, 0.717) is 11.8 Å². The summed E-state index contributed by atoms with van der Waals surface area (Å²) >= 11 is 0. The van der Waals surface area contributed by atoms with Crippen molar-refractivity contribution in [3.63, 3.8) is 0 Å². The van der Waals surface area contributed by atoms with Gasteiger partial charge in [0.2, 0.25) is 0 Å². The molecule has 120 valence electrons. The van der Waals surface area contributed by atoms with Gasteiger partial charge in [-0.2, -0.15) is 0 Å². The van der Waals surface area contributed by atoms with Crippen LogP contribution in [0.25, 0.3) is 0 Å². The highest BCUT2D eigenvalue weighted by molar-refractivity contribution is 5.74. The first-order valence-corrected chi connectivity index (χ1v) is 8.28. The summed E-state index contributed by atoms with van der Waals surface area (Å²) in [4.78, 5) is 26.8. The van der Waals surface area contributed by atoms with E-state index in [-0.39, 0.29) is 12.5 Å². The molecule has 0 aromatic heterocycles. The zero-order valence-electron chi connectivity index (χ0n) is 13.1. The Morgan fingerprint density at radius 1 is 1.10 bits per heavy atom. The second-order valence-corrected chi connectivity index (χ2v) is 6.68. The SMILES string of the molecule is CN(CC1CCCC1)C(=O)N1CCC(CCC(=O)O)CC1. The number of hydrogen-bond acceptors (Lipinski definition) is 2. The number of carbonyl (C=O) groups excluding carboxylic acids is 1. The number of amides is 2. The highest BCUT2D eigenvalue weighted by Gasteiger charge is 2.26. The molecule has 1 aliphatic heterocycles. The number of piperidine rings is 1. The third-order valence-electron chi connectivity index (χ3n) is 4.98. The van der Waals surface area contributed by atoms with E-state index in [1.807, 2.05) is 16.8 Å². The smallest absolute Gasteiger partial charge is 0.319 e. The average Bonchev–Trinajstić information content (AvgIpc) is 2.97. The van der Waals surface area contributed by atoms with Crippen LogP contribution in [0.1, 0.15) is 51.4 Å². The molecule has 1 N–H and O–H groups in total. The van der Waals surface area contributed by atoms with E-state index in [0.717, 1.165) is 38.9 Å². The minimum atomic E-state index is -0.718. The van der Waals surface area contributed by atoms with Crippen LogP contribution in [0.2, 0.25) is 0 Å². The van der Waals surface area contributed by atoms with Crippen LogP contribution < -0.4 is 0 Å². The lowest BCUT2D eigenvalue weighted by molar-refractivity contribution is -0.137. The Bertz CT molecular complexity index is 359. The lowest BCUT2D eigenvalue weighted by Gasteiger charge is -2.35. The lowest BCUT2D eigenvalue weighted by atomic mass is 9.92. The third kappa shape index (κ3) is 4.90. The Morgan fingerprint density at radius 3 is 2.29 bits per heavy atom. The molecule has 0 aromatic rings. The molecule has 5 nitrogen and oxygen atoms in total. The highest BCUT2D eigenvalue weighted by atomic mass is 16.4. The predicted octanol–water partition coefficient (Wildman–Crippen LogP) is 2.81. The highest BCUT2D eigenvalue weighted by Crippen LogP contribution is 2.26. The number of likely N-dealkylation sites (tertiary alicyclic amines) is 1. The first-order valence-electron chi connectivity index (χ1n) is 8.28. The van der Waals surface area contributed by atoms with Gasteiger partial charge in [0, 0.05) is 33.1 Å². The topological polar surface area (TPSA) is 60.9 Å². The van der Waals surface area contributed by atoms with Crippen molar-refractivity contribution >= 4 is 12.0 Å². The van der Waals surface area contributed by atoms with Gasteiger partial charge in [-0.25, -0.2) is 4.79 Å². The van der Waals surface area contributed by atoms with Crippen molar-refractivity contribution in [2.75, 3.05) is 26.7 Å². The van der Waals surface area contributed by atoms with Gasteiger partial charge in [0.15, 0.2) is 0 Å². The Labute approximate surface area is 127 Å².